The van der Waals surface area contributed by atoms with Gasteiger partial charge in [-0.1, -0.05) is 24.3 Å². The lowest BCUT2D eigenvalue weighted by Gasteiger charge is -2.32. The molecule has 0 radical (unpaired) electrons. The van der Waals surface area contributed by atoms with Gasteiger partial charge in [-0.25, -0.2) is 9.97 Å². The van der Waals surface area contributed by atoms with Crippen LogP contribution in [0.2, 0.25) is 0 Å². The van der Waals surface area contributed by atoms with E-state index in [2.05, 4.69) is 52.1 Å². The molecule has 0 saturated carbocycles. The Morgan fingerprint density at radius 1 is 1.25 bits per heavy atom. The summed E-state index contributed by atoms with van der Waals surface area (Å²) in [6, 6.07) is 10.7. The number of aryl methyl sites for hydroxylation is 1. The molecule has 1 aliphatic heterocycles. The van der Waals surface area contributed by atoms with Gasteiger partial charge in [0.15, 0.2) is 0 Å². The highest BCUT2D eigenvalue weighted by molar-refractivity contribution is 5.25. The van der Waals surface area contributed by atoms with E-state index in [1.807, 2.05) is 6.20 Å². The van der Waals surface area contributed by atoms with Crippen LogP contribution in [0, 0.1) is 6.92 Å². The molecule has 1 aliphatic rings. The van der Waals surface area contributed by atoms with Gasteiger partial charge in [0.05, 0.1) is 0 Å². The molecule has 0 bridgehead atoms. The van der Waals surface area contributed by atoms with Crippen LogP contribution in [0.15, 0.2) is 42.9 Å². The Morgan fingerprint density at radius 3 is 2.95 bits per heavy atom. The molecule has 0 unspecified atom stereocenters. The molecule has 3 rings (SSSR count). The van der Waals surface area contributed by atoms with Crippen molar-refractivity contribution in [2.75, 3.05) is 13.1 Å². The molecule has 104 valence electrons. The van der Waals surface area contributed by atoms with E-state index >= 15 is 0 Å². The zero-order valence-corrected chi connectivity index (χ0v) is 12.0. The number of benzene rings is 1. The molecule has 2 heterocycles. The molecule has 0 spiro atoms. The number of hydrogen-bond donors (Lipinski definition) is 0. The predicted molar refractivity (Wildman–Crippen MR) is 80.5 cm³/mol. The Bertz CT molecular complexity index is 553. The van der Waals surface area contributed by atoms with E-state index in [0.717, 1.165) is 13.1 Å². The van der Waals surface area contributed by atoms with Crippen LogP contribution in [0.4, 0.5) is 0 Å². The summed E-state index contributed by atoms with van der Waals surface area (Å²) >= 11 is 0. The molecule has 1 aromatic heterocycles. The van der Waals surface area contributed by atoms with E-state index in [4.69, 9.17) is 0 Å². The Kier molecular flexibility index (Phi) is 4.07. The number of hydrogen-bond acceptors (Lipinski definition) is 3. The van der Waals surface area contributed by atoms with Gasteiger partial charge >= 0.3 is 0 Å². The summed E-state index contributed by atoms with van der Waals surface area (Å²) in [5.41, 5.74) is 4.02. The third-order valence-corrected chi connectivity index (χ3v) is 4.18. The first kappa shape index (κ1) is 13.3. The minimum absolute atomic E-state index is 0.552. The van der Waals surface area contributed by atoms with Crippen molar-refractivity contribution in [3.05, 3.63) is 59.7 Å². The summed E-state index contributed by atoms with van der Waals surface area (Å²) in [5, 5.41) is 0. The third kappa shape index (κ3) is 3.05. The molecular formula is C17H21N3. The minimum Gasteiger partial charge on any atom is -0.298 e. The number of piperidine rings is 1. The maximum absolute atomic E-state index is 4.42. The lowest BCUT2D eigenvalue weighted by molar-refractivity contribution is 0.198. The highest BCUT2D eigenvalue weighted by Crippen LogP contribution is 2.26. The summed E-state index contributed by atoms with van der Waals surface area (Å²) < 4.78 is 0. The lowest BCUT2D eigenvalue weighted by atomic mass is 9.94. The average Bonchev–Trinajstić information content (AvgIpc) is 2.51. The summed E-state index contributed by atoms with van der Waals surface area (Å²) in [7, 11) is 0. The average molecular weight is 267 g/mol. The van der Waals surface area contributed by atoms with E-state index in [-0.39, 0.29) is 0 Å². The van der Waals surface area contributed by atoms with Crippen molar-refractivity contribution in [1.82, 2.24) is 14.9 Å². The van der Waals surface area contributed by atoms with Crippen LogP contribution in [0.3, 0.4) is 0 Å². The molecular weight excluding hydrogens is 246 g/mol. The summed E-state index contributed by atoms with van der Waals surface area (Å²) in [6.07, 6.45) is 6.00. The maximum atomic E-state index is 4.42. The van der Waals surface area contributed by atoms with Gasteiger partial charge in [0.25, 0.3) is 0 Å². The van der Waals surface area contributed by atoms with Gasteiger partial charge in [-0.2, -0.15) is 0 Å². The van der Waals surface area contributed by atoms with E-state index in [1.165, 1.54) is 36.2 Å². The van der Waals surface area contributed by atoms with Crippen molar-refractivity contribution in [1.29, 1.82) is 0 Å². The molecule has 3 nitrogen and oxygen atoms in total. The Balaban J connectivity index is 1.68. The minimum atomic E-state index is 0.552. The molecule has 0 aliphatic carbocycles. The molecule has 3 heteroatoms. The van der Waals surface area contributed by atoms with Crippen LogP contribution in [-0.4, -0.2) is 28.0 Å². The van der Waals surface area contributed by atoms with Crippen LogP contribution < -0.4 is 0 Å². The van der Waals surface area contributed by atoms with Crippen molar-refractivity contribution < 1.29 is 0 Å². The molecule has 1 aromatic carbocycles. The van der Waals surface area contributed by atoms with Crippen molar-refractivity contribution in [3.8, 4) is 0 Å². The molecule has 0 amide bonds. The molecule has 0 N–H and O–H groups in total. The van der Waals surface area contributed by atoms with Gasteiger partial charge in [-0.05, 0) is 43.5 Å². The normalized spacial score (nSPS) is 19.9. The van der Waals surface area contributed by atoms with Crippen LogP contribution >= 0.6 is 0 Å². The zero-order chi connectivity index (χ0) is 13.8. The fourth-order valence-corrected chi connectivity index (χ4v) is 3.01. The van der Waals surface area contributed by atoms with Crippen LogP contribution in [-0.2, 0) is 6.54 Å². The summed E-state index contributed by atoms with van der Waals surface area (Å²) in [5.74, 6) is 0.552. The van der Waals surface area contributed by atoms with E-state index in [1.54, 1.807) is 6.33 Å². The standard InChI is InChI=1S/C17H21N3/c1-14-5-2-3-6-15(14)11-20-10-4-7-16(12-20)17-8-9-18-13-19-17/h2-3,5-6,8-9,13,16H,4,7,10-12H2,1H3/t16-/m0/s1. The van der Waals surface area contributed by atoms with Gasteiger partial charge in [-0.15, -0.1) is 0 Å². The van der Waals surface area contributed by atoms with Crippen molar-refractivity contribution in [2.45, 2.75) is 32.2 Å². The van der Waals surface area contributed by atoms with E-state index in [9.17, 15) is 0 Å². The quantitative estimate of drug-likeness (QED) is 0.855. The van der Waals surface area contributed by atoms with Crippen LogP contribution in [0.25, 0.3) is 0 Å². The fraction of sp³-hybridized carbons (Fsp3) is 0.412. The topological polar surface area (TPSA) is 29.0 Å². The van der Waals surface area contributed by atoms with E-state index in [0.29, 0.717) is 5.92 Å². The third-order valence-electron chi connectivity index (χ3n) is 4.18. The molecule has 1 saturated heterocycles. The lowest BCUT2D eigenvalue weighted by Crippen LogP contribution is -2.34. The highest BCUT2D eigenvalue weighted by atomic mass is 15.1. The number of likely N-dealkylation sites (tertiary alicyclic amines) is 1. The molecule has 1 fully saturated rings. The SMILES string of the molecule is Cc1ccccc1CN1CCC[C@H](c2ccncn2)C1. The van der Waals surface area contributed by atoms with Crippen LogP contribution in [0.1, 0.15) is 35.6 Å². The van der Waals surface area contributed by atoms with E-state index < -0.39 is 0 Å². The van der Waals surface area contributed by atoms with Gasteiger partial charge in [-0.3, -0.25) is 4.90 Å². The monoisotopic (exact) mass is 267 g/mol. The second kappa shape index (κ2) is 6.14. The van der Waals surface area contributed by atoms with Crippen molar-refractivity contribution in [2.24, 2.45) is 0 Å². The Hall–Kier alpha value is -1.74. The van der Waals surface area contributed by atoms with Gasteiger partial charge in [0, 0.05) is 30.9 Å². The summed E-state index contributed by atoms with van der Waals surface area (Å²) in [6.45, 7) is 5.54. The highest BCUT2D eigenvalue weighted by Gasteiger charge is 2.22. The van der Waals surface area contributed by atoms with Gasteiger partial charge in [0.1, 0.15) is 6.33 Å². The number of nitrogens with zero attached hydrogens (tertiary/aromatic N) is 3. The molecule has 1 atom stereocenters. The molecule has 20 heavy (non-hydrogen) atoms. The number of aromatic nitrogens is 2. The summed E-state index contributed by atoms with van der Waals surface area (Å²) in [4.78, 5) is 11.0. The van der Waals surface area contributed by atoms with Gasteiger partial charge < -0.3 is 0 Å². The second-order valence-corrected chi connectivity index (χ2v) is 5.63. The smallest absolute Gasteiger partial charge is 0.115 e. The first-order chi connectivity index (χ1) is 9.83. The fourth-order valence-electron chi connectivity index (χ4n) is 3.01. The van der Waals surface area contributed by atoms with Crippen molar-refractivity contribution in [3.63, 3.8) is 0 Å². The first-order valence-corrected chi connectivity index (χ1v) is 7.35. The second-order valence-electron chi connectivity index (χ2n) is 5.63. The Morgan fingerprint density at radius 2 is 2.15 bits per heavy atom. The Labute approximate surface area is 120 Å². The largest absolute Gasteiger partial charge is 0.298 e. The van der Waals surface area contributed by atoms with Crippen LogP contribution in [0.5, 0.6) is 0 Å². The zero-order valence-electron chi connectivity index (χ0n) is 12.0. The first-order valence-electron chi connectivity index (χ1n) is 7.35. The van der Waals surface area contributed by atoms with Crippen molar-refractivity contribution >= 4 is 0 Å². The predicted octanol–water partition coefficient (Wildman–Crippen LogP) is 3.16. The molecule has 2 aromatic rings. The van der Waals surface area contributed by atoms with Gasteiger partial charge in [0.2, 0.25) is 0 Å². The maximum Gasteiger partial charge on any atom is 0.115 e. The number of rotatable bonds is 3.